The van der Waals surface area contributed by atoms with Gasteiger partial charge in [-0.25, -0.2) is 0 Å². The van der Waals surface area contributed by atoms with Crippen LogP contribution in [0, 0.1) is 0 Å². The van der Waals surface area contributed by atoms with Gasteiger partial charge in [-0.3, -0.25) is 14.6 Å². The van der Waals surface area contributed by atoms with Gasteiger partial charge in [0.2, 0.25) is 5.91 Å². The highest BCUT2D eigenvalue weighted by Gasteiger charge is 2.18. The highest BCUT2D eigenvalue weighted by molar-refractivity contribution is 5.81. The van der Waals surface area contributed by atoms with E-state index >= 15 is 0 Å². The summed E-state index contributed by atoms with van der Waals surface area (Å²) >= 11 is 0. The van der Waals surface area contributed by atoms with Gasteiger partial charge in [0.05, 0.1) is 25.3 Å². The summed E-state index contributed by atoms with van der Waals surface area (Å²) in [6, 6.07) is 5.68. The number of carbonyl (C=O) groups excluding carboxylic acids is 2. The van der Waals surface area contributed by atoms with Crippen molar-refractivity contribution in [2.24, 2.45) is 0 Å². The van der Waals surface area contributed by atoms with E-state index in [9.17, 15) is 9.59 Å². The van der Waals surface area contributed by atoms with Gasteiger partial charge in [0, 0.05) is 18.7 Å². The van der Waals surface area contributed by atoms with Gasteiger partial charge < -0.3 is 9.64 Å². The Kier molecular flexibility index (Phi) is 6.70. The molecule has 0 fully saturated rings. The number of nitrogens with zero attached hydrogens (tertiary/aromatic N) is 2. The lowest BCUT2D eigenvalue weighted by Crippen LogP contribution is -2.36. The molecule has 0 atom stereocenters. The number of hydrogen-bond acceptors (Lipinski definition) is 4. The van der Waals surface area contributed by atoms with Gasteiger partial charge in [-0.05, 0) is 32.9 Å². The highest BCUT2D eigenvalue weighted by atomic mass is 16.5. The molecule has 0 saturated heterocycles. The third-order valence-electron chi connectivity index (χ3n) is 2.85. The van der Waals surface area contributed by atoms with Gasteiger partial charge in [-0.15, -0.1) is 0 Å². The molecule has 0 bridgehead atoms. The summed E-state index contributed by atoms with van der Waals surface area (Å²) in [5, 5.41) is 0. The van der Waals surface area contributed by atoms with Crippen LogP contribution in [0.25, 0.3) is 0 Å². The number of hydrogen-bond donors (Lipinski definition) is 0. The predicted octanol–water partition coefficient (Wildman–Crippen LogP) is 2.16. The molecule has 0 aliphatic carbocycles. The summed E-state index contributed by atoms with van der Waals surface area (Å²) in [6.45, 7) is 6.45. The van der Waals surface area contributed by atoms with Crippen LogP contribution in [0.5, 0.6) is 0 Å². The Balaban J connectivity index is 2.57. The zero-order valence-corrected chi connectivity index (χ0v) is 12.3. The molecule has 0 saturated carbocycles. The average molecular weight is 278 g/mol. The Morgan fingerprint density at radius 1 is 1.30 bits per heavy atom. The zero-order chi connectivity index (χ0) is 15.0. The van der Waals surface area contributed by atoms with E-state index in [-0.39, 0.29) is 30.8 Å². The maximum absolute atomic E-state index is 12.2. The summed E-state index contributed by atoms with van der Waals surface area (Å²) in [4.78, 5) is 29.4. The number of pyridine rings is 1. The first-order valence-electron chi connectivity index (χ1n) is 6.89. The predicted molar refractivity (Wildman–Crippen MR) is 75.8 cm³/mol. The number of esters is 1. The van der Waals surface area contributed by atoms with Gasteiger partial charge in [-0.1, -0.05) is 6.07 Å². The molecule has 0 radical (unpaired) electrons. The summed E-state index contributed by atoms with van der Waals surface area (Å²) < 4.78 is 4.83. The van der Waals surface area contributed by atoms with Crippen LogP contribution in [-0.4, -0.2) is 34.4 Å². The molecule has 1 rings (SSSR count). The first-order chi connectivity index (χ1) is 9.54. The minimum Gasteiger partial charge on any atom is -0.466 e. The van der Waals surface area contributed by atoms with Crippen LogP contribution in [0.4, 0.5) is 0 Å². The molecule has 5 nitrogen and oxygen atoms in total. The second-order valence-electron chi connectivity index (χ2n) is 4.74. The third-order valence-corrected chi connectivity index (χ3v) is 2.85. The standard InChI is InChI=1S/C15H22N2O3/c1-4-20-15(19)9-8-14(18)17(12(2)3)11-13-7-5-6-10-16-13/h5-7,10,12H,4,8-9,11H2,1-3H3. The fourth-order valence-corrected chi connectivity index (χ4v) is 1.81. The Morgan fingerprint density at radius 2 is 2.05 bits per heavy atom. The number of amides is 1. The van der Waals surface area contributed by atoms with E-state index in [4.69, 9.17) is 4.74 Å². The number of rotatable bonds is 7. The first-order valence-corrected chi connectivity index (χ1v) is 6.89. The Bertz CT molecular complexity index is 432. The Morgan fingerprint density at radius 3 is 2.60 bits per heavy atom. The monoisotopic (exact) mass is 278 g/mol. The van der Waals surface area contributed by atoms with Crippen LogP contribution in [0.15, 0.2) is 24.4 Å². The summed E-state index contributed by atoms with van der Waals surface area (Å²) in [5.41, 5.74) is 0.839. The van der Waals surface area contributed by atoms with Gasteiger partial charge >= 0.3 is 5.97 Å². The minimum atomic E-state index is -0.331. The van der Waals surface area contributed by atoms with Crippen molar-refractivity contribution in [3.63, 3.8) is 0 Å². The molecule has 1 heterocycles. The molecule has 0 aliphatic rings. The van der Waals surface area contributed by atoms with Crippen molar-refractivity contribution in [2.75, 3.05) is 6.61 Å². The molecule has 1 amide bonds. The maximum Gasteiger partial charge on any atom is 0.306 e. The van der Waals surface area contributed by atoms with Crippen LogP contribution in [-0.2, 0) is 20.9 Å². The summed E-state index contributed by atoms with van der Waals surface area (Å²) in [5.74, 6) is -0.388. The second-order valence-corrected chi connectivity index (χ2v) is 4.74. The van der Waals surface area contributed by atoms with E-state index < -0.39 is 0 Å². The van der Waals surface area contributed by atoms with Crippen LogP contribution in [0.3, 0.4) is 0 Å². The van der Waals surface area contributed by atoms with E-state index in [1.54, 1.807) is 18.0 Å². The maximum atomic E-state index is 12.2. The lowest BCUT2D eigenvalue weighted by molar-refractivity contribution is -0.146. The smallest absolute Gasteiger partial charge is 0.306 e. The topological polar surface area (TPSA) is 59.5 Å². The largest absolute Gasteiger partial charge is 0.466 e. The lowest BCUT2D eigenvalue weighted by atomic mass is 10.2. The normalized spacial score (nSPS) is 10.4. The van der Waals surface area contributed by atoms with Crippen LogP contribution < -0.4 is 0 Å². The summed E-state index contributed by atoms with van der Waals surface area (Å²) in [7, 11) is 0. The third kappa shape index (κ3) is 5.38. The van der Waals surface area contributed by atoms with Gasteiger partial charge in [-0.2, -0.15) is 0 Å². The highest BCUT2D eigenvalue weighted by Crippen LogP contribution is 2.09. The van der Waals surface area contributed by atoms with Gasteiger partial charge in [0.15, 0.2) is 0 Å². The van der Waals surface area contributed by atoms with Crippen LogP contribution >= 0.6 is 0 Å². The van der Waals surface area contributed by atoms with Crippen molar-refractivity contribution in [1.29, 1.82) is 0 Å². The molecule has 5 heteroatoms. The molecule has 0 N–H and O–H groups in total. The molecule has 0 aromatic carbocycles. The quantitative estimate of drug-likeness (QED) is 0.717. The molecular weight excluding hydrogens is 256 g/mol. The van der Waals surface area contributed by atoms with Crippen LogP contribution in [0.2, 0.25) is 0 Å². The van der Waals surface area contributed by atoms with Gasteiger partial charge in [0.25, 0.3) is 0 Å². The molecular formula is C15H22N2O3. The summed E-state index contributed by atoms with van der Waals surface area (Å²) in [6.07, 6.45) is 2.00. The molecule has 0 aliphatic heterocycles. The van der Waals surface area contributed by atoms with E-state index in [1.807, 2.05) is 32.0 Å². The van der Waals surface area contributed by atoms with Crippen molar-refractivity contribution >= 4 is 11.9 Å². The van der Waals surface area contributed by atoms with E-state index in [0.29, 0.717) is 13.2 Å². The first kappa shape index (κ1) is 16.1. The fraction of sp³-hybridized carbons (Fsp3) is 0.533. The second kappa shape index (κ2) is 8.30. The van der Waals surface area contributed by atoms with Crippen molar-refractivity contribution in [3.8, 4) is 0 Å². The Labute approximate surface area is 119 Å². The minimum absolute atomic E-state index is 0.0568. The van der Waals surface area contributed by atoms with Gasteiger partial charge in [0.1, 0.15) is 0 Å². The average Bonchev–Trinajstić information content (AvgIpc) is 2.43. The number of ether oxygens (including phenoxy) is 1. The molecule has 0 spiro atoms. The van der Waals surface area contributed by atoms with Crippen molar-refractivity contribution in [2.45, 2.75) is 46.2 Å². The lowest BCUT2D eigenvalue weighted by Gasteiger charge is -2.26. The van der Waals surface area contributed by atoms with E-state index in [1.165, 1.54) is 0 Å². The van der Waals surface area contributed by atoms with E-state index in [2.05, 4.69) is 4.98 Å². The van der Waals surface area contributed by atoms with E-state index in [0.717, 1.165) is 5.69 Å². The number of aromatic nitrogens is 1. The molecule has 1 aromatic heterocycles. The zero-order valence-electron chi connectivity index (χ0n) is 12.3. The Hall–Kier alpha value is -1.91. The molecule has 0 unspecified atom stereocenters. The molecule has 1 aromatic rings. The van der Waals surface area contributed by atoms with Crippen molar-refractivity contribution < 1.29 is 14.3 Å². The fourth-order valence-electron chi connectivity index (χ4n) is 1.81. The molecule has 20 heavy (non-hydrogen) atoms. The van der Waals surface area contributed by atoms with Crippen LogP contribution in [0.1, 0.15) is 39.3 Å². The number of carbonyl (C=O) groups is 2. The SMILES string of the molecule is CCOC(=O)CCC(=O)N(Cc1ccccn1)C(C)C. The van der Waals surface area contributed by atoms with Crippen molar-refractivity contribution in [1.82, 2.24) is 9.88 Å². The van der Waals surface area contributed by atoms with Crippen molar-refractivity contribution in [3.05, 3.63) is 30.1 Å². The molecule has 110 valence electrons.